The number of nitrogens with one attached hydrogen (secondary N) is 1. The number of carbonyl (C=O) groups is 2. The summed E-state index contributed by atoms with van der Waals surface area (Å²) < 4.78 is 13.1. The zero-order chi connectivity index (χ0) is 14.3. The average molecular weight is 294 g/mol. The first kappa shape index (κ1) is 13.4. The van der Waals surface area contributed by atoms with Crippen LogP contribution in [-0.2, 0) is 9.59 Å². The van der Waals surface area contributed by atoms with Gasteiger partial charge in [0, 0.05) is 17.9 Å². The summed E-state index contributed by atoms with van der Waals surface area (Å²) in [5, 5.41) is 2.69. The lowest BCUT2D eigenvalue weighted by Crippen LogP contribution is -2.48. The molecule has 106 valence electrons. The lowest BCUT2D eigenvalue weighted by Gasteiger charge is -2.29. The van der Waals surface area contributed by atoms with Crippen molar-refractivity contribution in [2.45, 2.75) is 30.7 Å². The van der Waals surface area contributed by atoms with Crippen LogP contribution in [0.4, 0.5) is 10.1 Å². The van der Waals surface area contributed by atoms with Crippen LogP contribution in [0.15, 0.2) is 24.3 Å². The van der Waals surface area contributed by atoms with Gasteiger partial charge in [-0.3, -0.25) is 9.59 Å². The van der Waals surface area contributed by atoms with Gasteiger partial charge in [-0.15, -0.1) is 11.8 Å². The van der Waals surface area contributed by atoms with Gasteiger partial charge in [0.15, 0.2) is 0 Å². The summed E-state index contributed by atoms with van der Waals surface area (Å²) in [5.41, 5.74) is 0.417. The van der Waals surface area contributed by atoms with Gasteiger partial charge in [-0.2, -0.15) is 0 Å². The largest absolute Gasteiger partial charge is 0.324 e. The summed E-state index contributed by atoms with van der Waals surface area (Å²) in [5.74, 6) is -0.0340. The predicted octanol–water partition coefficient (Wildman–Crippen LogP) is 2.22. The summed E-state index contributed by atoms with van der Waals surface area (Å²) >= 11 is 1.64. The van der Waals surface area contributed by atoms with Gasteiger partial charge in [-0.05, 0) is 31.5 Å². The molecule has 2 fully saturated rings. The lowest BCUT2D eigenvalue weighted by atomic mass is 10.2. The molecule has 2 aliphatic heterocycles. The Morgan fingerprint density at radius 2 is 2.35 bits per heavy atom. The highest BCUT2D eigenvalue weighted by Crippen LogP contribution is 2.47. The maximum absolute atomic E-state index is 13.1. The van der Waals surface area contributed by atoms with Gasteiger partial charge < -0.3 is 10.2 Å². The Bertz CT molecular complexity index is 580. The van der Waals surface area contributed by atoms with E-state index >= 15 is 0 Å². The van der Waals surface area contributed by atoms with Crippen molar-refractivity contribution < 1.29 is 14.0 Å². The Kier molecular flexibility index (Phi) is 3.20. The third kappa shape index (κ3) is 2.18. The molecule has 0 unspecified atom stereocenters. The third-order valence-electron chi connectivity index (χ3n) is 3.84. The SMILES string of the molecule is C[C@]12CCC(=O)N1[C@@H](C(=O)Nc1cccc(F)c1)CS2. The van der Waals surface area contributed by atoms with Crippen LogP contribution in [0.25, 0.3) is 0 Å². The second kappa shape index (κ2) is 4.77. The van der Waals surface area contributed by atoms with E-state index in [-0.39, 0.29) is 16.7 Å². The van der Waals surface area contributed by atoms with Crippen LogP contribution in [0.1, 0.15) is 19.8 Å². The van der Waals surface area contributed by atoms with Crippen molar-refractivity contribution >= 4 is 29.3 Å². The monoisotopic (exact) mass is 294 g/mol. The molecule has 1 aromatic rings. The number of anilines is 1. The van der Waals surface area contributed by atoms with Gasteiger partial charge in [0.1, 0.15) is 11.9 Å². The number of rotatable bonds is 2. The fraction of sp³-hybridized carbons (Fsp3) is 0.429. The Labute approximate surface area is 120 Å². The molecule has 6 heteroatoms. The topological polar surface area (TPSA) is 49.4 Å². The van der Waals surface area contributed by atoms with E-state index in [1.165, 1.54) is 12.1 Å². The van der Waals surface area contributed by atoms with Crippen LogP contribution < -0.4 is 5.32 Å². The highest BCUT2D eigenvalue weighted by molar-refractivity contribution is 8.01. The first-order valence-electron chi connectivity index (χ1n) is 6.52. The van der Waals surface area contributed by atoms with E-state index in [1.807, 2.05) is 6.92 Å². The Morgan fingerprint density at radius 3 is 3.10 bits per heavy atom. The number of hydrogen-bond acceptors (Lipinski definition) is 3. The molecule has 2 saturated heterocycles. The Hall–Kier alpha value is -1.56. The minimum Gasteiger partial charge on any atom is -0.324 e. The smallest absolute Gasteiger partial charge is 0.248 e. The van der Waals surface area contributed by atoms with Crippen molar-refractivity contribution in [3.8, 4) is 0 Å². The standard InChI is InChI=1S/C14H15FN2O2S/c1-14-6-5-12(18)17(14)11(8-20-14)13(19)16-10-4-2-3-9(15)7-10/h2-4,7,11H,5-6,8H2,1H3,(H,16,19)/t11-,14+/m1/s1. The van der Waals surface area contributed by atoms with E-state index in [0.29, 0.717) is 17.9 Å². The van der Waals surface area contributed by atoms with Gasteiger partial charge in [0.2, 0.25) is 11.8 Å². The maximum atomic E-state index is 13.1. The van der Waals surface area contributed by atoms with Crippen molar-refractivity contribution in [3.63, 3.8) is 0 Å². The van der Waals surface area contributed by atoms with E-state index in [2.05, 4.69) is 5.32 Å². The van der Waals surface area contributed by atoms with E-state index in [1.54, 1.807) is 28.8 Å². The second-order valence-corrected chi connectivity index (χ2v) is 6.77. The molecule has 0 saturated carbocycles. The number of halogens is 1. The maximum Gasteiger partial charge on any atom is 0.248 e. The van der Waals surface area contributed by atoms with Crippen molar-refractivity contribution in [2.24, 2.45) is 0 Å². The Balaban J connectivity index is 1.76. The van der Waals surface area contributed by atoms with E-state index in [4.69, 9.17) is 0 Å². The molecule has 2 amide bonds. The molecule has 20 heavy (non-hydrogen) atoms. The van der Waals surface area contributed by atoms with Crippen LogP contribution in [-0.4, -0.2) is 33.4 Å². The molecule has 1 aromatic carbocycles. The average Bonchev–Trinajstić information content (AvgIpc) is 2.87. The van der Waals surface area contributed by atoms with Crippen molar-refractivity contribution in [3.05, 3.63) is 30.1 Å². The van der Waals surface area contributed by atoms with Gasteiger partial charge in [-0.1, -0.05) is 6.07 Å². The zero-order valence-corrected chi connectivity index (χ0v) is 11.9. The molecular formula is C14H15FN2O2S. The first-order chi connectivity index (χ1) is 9.49. The zero-order valence-electron chi connectivity index (χ0n) is 11.1. The van der Waals surface area contributed by atoms with Crippen molar-refractivity contribution in [1.29, 1.82) is 0 Å². The lowest BCUT2D eigenvalue weighted by molar-refractivity contribution is -0.135. The van der Waals surface area contributed by atoms with Crippen LogP contribution in [0.5, 0.6) is 0 Å². The molecule has 1 N–H and O–H groups in total. The molecule has 0 radical (unpaired) electrons. The second-order valence-electron chi connectivity index (χ2n) is 5.27. The minimum absolute atomic E-state index is 0.0249. The molecule has 0 bridgehead atoms. The summed E-state index contributed by atoms with van der Waals surface area (Å²) in [6.07, 6.45) is 1.27. The highest BCUT2D eigenvalue weighted by atomic mass is 32.2. The molecule has 0 aromatic heterocycles. The molecule has 4 nitrogen and oxygen atoms in total. The number of fused-ring (bicyclic) bond motifs is 1. The molecule has 0 aliphatic carbocycles. The molecule has 0 spiro atoms. The summed E-state index contributed by atoms with van der Waals surface area (Å²) in [6, 6.07) is 5.30. The predicted molar refractivity (Wildman–Crippen MR) is 75.8 cm³/mol. The first-order valence-corrected chi connectivity index (χ1v) is 7.51. The molecule has 2 atom stereocenters. The summed E-state index contributed by atoms with van der Waals surface area (Å²) in [4.78, 5) is 25.7. The van der Waals surface area contributed by atoms with Crippen LogP contribution >= 0.6 is 11.8 Å². The Morgan fingerprint density at radius 1 is 1.55 bits per heavy atom. The number of amides is 2. The summed E-state index contributed by atoms with van der Waals surface area (Å²) in [6.45, 7) is 2.00. The van der Waals surface area contributed by atoms with Gasteiger partial charge in [0.05, 0.1) is 4.87 Å². The fourth-order valence-electron chi connectivity index (χ4n) is 2.81. The molecule has 3 rings (SSSR count). The molecule has 2 heterocycles. The van der Waals surface area contributed by atoms with Gasteiger partial charge in [-0.25, -0.2) is 4.39 Å². The number of hydrogen-bond donors (Lipinski definition) is 1. The van der Waals surface area contributed by atoms with Crippen LogP contribution in [0, 0.1) is 5.82 Å². The van der Waals surface area contributed by atoms with Gasteiger partial charge in [0.25, 0.3) is 0 Å². The van der Waals surface area contributed by atoms with E-state index in [0.717, 1.165) is 6.42 Å². The fourth-order valence-corrected chi connectivity index (χ4v) is 4.24. The molecule has 2 aliphatic rings. The number of carbonyl (C=O) groups excluding carboxylic acids is 2. The summed E-state index contributed by atoms with van der Waals surface area (Å²) in [7, 11) is 0. The van der Waals surface area contributed by atoms with E-state index in [9.17, 15) is 14.0 Å². The normalized spacial score (nSPS) is 28.6. The highest BCUT2D eigenvalue weighted by Gasteiger charge is 2.52. The number of thioether (sulfide) groups is 1. The number of nitrogens with zero attached hydrogens (tertiary/aromatic N) is 1. The van der Waals surface area contributed by atoms with Crippen molar-refractivity contribution in [1.82, 2.24) is 4.90 Å². The van der Waals surface area contributed by atoms with Crippen LogP contribution in [0.3, 0.4) is 0 Å². The third-order valence-corrected chi connectivity index (χ3v) is 5.34. The van der Waals surface area contributed by atoms with E-state index < -0.39 is 11.9 Å². The van der Waals surface area contributed by atoms with Gasteiger partial charge >= 0.3 is 0 Å². The minimum atomic E-state index is -0.469. The molecular weight excluding hydrogens is 279 g/mol. The number of benzene rings is 1. The van der Waals surface area contributed by atoms with Crippen LogP contribution in [0.2, 0.25) is 0 Å². The quantitative estimate of drug-likeness (QED) is 0.910. The van der Waals surface area contributed by atoms with Crippen molar-refractivity contribution in [2.75, 3.05) is 11.1 Å².